The van der Waals surface area contributed by atoms with Gasteiger partial charge in [0.05, 0.1) is 12.7 Å². The van der Waals surface area contributed by atoms with Gasteiger partial charge in [0.2, 0.25) is 0 Å². The summed E-state index contributed by atoms with van der Waals surface area (Å²) in [6.07, 6.45) is 2.53. The number of hydrogen-bond donors (Lipinski definition) is 0. The third-order valence-corrected chi connectivity index (χ3v) is 5.23. The Balaban J connectivity index is 1.69. The minimum atomic E-state index is 0.260. The molecule has 0 fully saturated rings. The molecule has 0 radical (unpaired) electrons. The average molecular weight is 294 g/mol. The van der Waals surface area contributed by atoms with Crippen molar-refractivity contribution in [2.45, 2.75) is 53.2 Å². The Morgan fingerprint density at radius 3 is 2.50 bits per heavy atom. The Morgan fingerprint density at radius 1 is 1.05 bits per heavy atom. The van der Waals surface area contributed by atoms with Crippen molar-refractivity contribution in [3.8, 4) is 0 Å². The van der Waals surface area contributed by atoms with Gasteiger partial charge < -0.3 is 4.74 Å². The largest absolute Gasteiger partial charge is 0.373 e. The molecule has 0 amide bonds. The maximum atomic E-state index is 6.24. The minimum absolute atomic E-state index is 0.260. The summed E-state index contributed by atoms with van der Waals surface area (Å²) in [5, 5.41) is 2.58. The van der Waals surface area contributed by atoms with Gasteiger partial charge in [-0.3, -0.25) is 0 Å². The van der Waals surface area contributed by atoms with Gasteiger partial charge in [-0.15, -0.1) is 0 Å². The van der Waals surface area contributed by atoms with Gasteiger partial charge in [-0.1, -0.05) is 61.4 Å². The molecule has 1 aliphatic carbocycles. The molecule has 2 aromatic rings. The summed E-state index contributed by atoms with van der Waals surface area (Å²) in [5.41, 5.74) is 4.56. The van der Waals surface area contributed by atoms with Crippen LogP contribution in [0.5, 0.6) is 0 Å². The second-order valence-electron chi connectivity index (χ2n) is 7.31. The van der Waals surface area contributed by atoms with Crippen LogP contribution in [0.25, 0.3) is 10.8 Å². The number of rotatable bonds is 3. The van der Waals surface area contributed by atoms with Crippen molar-refractivity contribution in [2.75, 3.05) is 0 Å². The molecular formula is C21H26O. The van der Waals surface area contributed by atoms with E-state index in [1.807, 2.05) is 0 Å². The summed E-state index contributed by atoms with van der Waals surface area (Å²) in [6.45, 7) is 9.89. The molecule has 116 valence electrons. The molecule has 0 saturated carbocycles. The van der Waals surface area contributed by atoms with Gasteiger partial charge in [0.1, 0.15) is 0 Å². The van der Waals surface area contributed by atoms with Crippen LogP contribution < -0.4 is 0 Å². The first-order chi connectivity index (χ1) is 10.5. The quantitative estimate of drug-likeness (QED) is 0.642. The van der Waals surface area contributed by atoms with Gasteiger partial charge in [-0.25, -0.2) is 0 Å². The van der Waals surface area contributed by atoms with E-state index in [0.717, 1.165) is 12.8 Å². The third-order valence-electron chi connectivity index (χ3n) is 5.23. The van der Waals surface area contributed by atoms with E-state index in [-0.39, 0.29) is 5.41 Å². The third kappa shape index (κ3) is 3.10. The highest BCUT2D eigenvalue weighted by Crippen LogP contribution is 2.41. The van der Waals surface area contributed by atoms with E-state index in [2.05, 4.69) is 70.2 Å². The highest BCUT2D eigenvalue weighted by atomic mass is 16.5. The highest BCUT2D eigenvalue weighted by molar-refractivity contribution is 5.82. The summed E-state index contributed by atoms with van der Waals surface area (Å²) >= 11 is 0. The first-order valence-electron chi connectivity index (χ1n) is 8.22. The van der Waals surface area contributed by atoms with Gasteiger partial charge in [-0.05, 0) is 54.5 Å². The highest BCUT2D eigenvalue weighted by Gasteiger charge is 2.31. The second kappa shape index (κ2) is 5.89. The predicted octanol–water partition coefficient (Wildman–Crippen LogP) is 5.88. The molecular weight excluding hydrogens is 268 g/mol. The van der Waals surface area contributed by atoms with E-state index < -0.39 is 0 Å². The minimum Gasteiger partial charge on any atom is -0.373 e. The maximum Gasteiger partial charge on any atom is 0.0721 e. The first kappa shape index (κ1) is 15.3. The zero-order chi connectivity index (χ0) is 15.7. The van der Waals surface area contributed by atoms with Crippen molar-refractivity contribution in [3.63, 3.8) is 0 Å². The van der Waals surface area contributed by atoms with Crippen molar-refractivity contribution in [3.05, 3.63) is 59.2 Å². The summed E-state index contributed by atoms with van der Waals surface area (Å²) in [6, 6.07) is 15.1. The monoisotopic (exact) mass is 294 g/mol. The van der Waals surface area contributed by atoms with Crippen LogP contribution in [0.2, 0.25) is 0 Å². The van der Waals surface area contributed by atoms with E-state index in [0.29, 0.717) is 12.7 Å². The van der Waals surface area contributed by atoms with Crippen LogP contribution in [0.15, 0.2) is 53.6 Å². The lowest BCUT2D eigenvalue weighted by molar-refractivity contribution is 0.0109. The number of fused-ring (bicyclic) bond motifs is 1. The van der Waals surface area contributed by atoms with Gasteiger partial charge in [0.25, 0.3) is 0 Å². The van der Waals surface area contributed by atoms with Crippen molar-refractivity contribution < 1.29 is 4.74 Å². The van der Waals surface area contributed by atoms with Gasteiger partial charge in [-0.2, -0.15) is 0 Å². The summed E-state index contributed by atoms with van der Waals surface area (Å²) in [7, 11) is 0. The summed E-state index contributed by atoms with van der Waals surface area (Å²) < 4.78 is 6.24. The van der Waals surface area contributed by atoms with Crippen LogP contribution in [0.1, 0.15) is 46.1 Å². The fourth-order valence-corrected chi connectivity index (χ4v) is 3.53. The lowest BCUT2D eigenvalue weighted by Crippen LogP contribution is -2.29. The fourth-order valence-electron chi connectivity index (χ4n) is 3.53. The average Bonchev–Trinajstić information content (AvgIpc) is 2.50. The first-order valence-corrected chi connectivity index (χ1v) is 8.22. The van der Waals surface area contributed by atoms with Crippen molar-refractivity contribution in [1.82, 2.24) is 0 Å². The number of ether oxygens (including phenoxy) is 1. The molecule has 1 atom stereocenters. The van der Waals surface area contributed by atoms with Crippen LogP contribution in [0.3, 0.4) is 0 Å². The van der Waals surface area contributed by atoms with E-state index in [9.17, 15) is 0 Å². The molecule has 1 heteroatoms. The summed E-state index contributed by atoms with van der Waals surface area (Å²) in [5.74, 6) is 0. The molecule has 1 nitrogen and oxygen atoms in total. The molecule has 0 bridgehead atoms. The van der Waals surface area contributed by atoms with Crippen LogP contribution in [0, 0.1) is 5.41 Å². The molecule has 0 spiro atoms. The van der Waals surface area contributed by atoms with Gasteiger partial charge in [0, 0.05) is 0 Å². The van der Waals surface area contributed by atoms with Crippen molar-refractivity contribution >= 4 is 10.8 Å². The molecule has 2 aromatic carbocycles. The Bertz CT molecular complexity index is 709. The van der Waals surface area contributed by atoms with Gasteiger partial charge in [0.15, 0.2) is 0 Å². The predicted molar refractivity (Wildman–Crippen MR) is 93.9 cm³/mol. The van der Waals surface area contributed by atoms with E-state index in [1.54, 1.807) is 0 Å². The second-order valence-corrected chi connectivity index (χ2v) is 7.31. The van der Waals surface area contributed by atoms with Crippen LogP contribution in [-0.4, -0.2) is 6.10 Å². The Kier molecular flexibility index (Phi) is 4.10. The van der Waals surface area contributed by atoms with Crippen LogP contribution in [-0.2, 0) is 11.3 Å². The smallest absolute Gasteiger partial charge is 0.0721 e. The summed E-state index contributed by atoms with van der Waals surface area (Å²) in [4.78, 5) is 0. The number of allylic oxidation sites excluding steroid dienone is 1. The SMILES string of the molecule is CC1=C(C)C(C)(C)CC(OCc2ccc3ccccc3c2)C1. The van der Waals surface area contributed by atoms with Crippen LogP contribution in [0.4, 0.5) is 0 Å². The van der Waals surface area contributed by atoms with E-state index in [1.165, 1.54) is 27.5 Å². The molecule has 1 unspecified atom stereocenters. The molecule has 1 aliphatic rings. The molecule has 0 saturated heterocycles. The lowest BCUT2D eigenvalue weighted by Gasteiger charge is -2.37. The standard InChI is InChI=1S/C21H26O/c1-15-11-20(13-21(3,4)16(15)2)22-14-17-9-10-18-7-5-6-8-19(18)12-17/h5-10,12,20H,11,13-14H2,1-4H3. The van der Waals surface area contributed by atoms with E-state index >= 15 is 0 Å². The molecule has 3 rings (SSSR count). The van der Waals surface area contributed by atoms with Crippen molar-refractivity contribution in [2.24, 2.45) is 5.41 Å². The van der Waals surface area contributed by atoms with Crippen LogP contribution >= 0.6 is 0 Å². The zero-order valence-corrected chi connectivity index (χ0v) is 14.1. The van der Waals surface area contributed by atoms with E-state index in [4.69, 9.17) is 4.74 Å². The normalized spacial score (nSPS) is 21.4. The zero-order valence-electron chi connectivity index (χ0n) is 14.1. The molecule has 22 heavy (non-hydrogen) atoms. The van der Waals surface area contributed by atoms with Gasteiger partial charge >= 0.3 is 0 Å². The molecule has 0 aliphatic heterocycles. The van der Waals surface area contributed by atoms with Crippen molar-refractivity contribution in [1.29, 1.82) is 0 Å². The number of benzene rings is 2. The topological polar surface area (TPSA) is 9.23 Å². The maximum absolute atomic E-state index is 6.24. The number of hydrogen-bond acceptors (Lipinski definition) is 1. The Morgan fingerprint density at radius 2 is 1.77 bits per heavy atom. The molecule has 0 N–H and O–H groups in total. The lowest BCUT2D eigenvalue weighted by atomic mass is 9.72. The fraction of sp³-hybridized carbons (Fsp3) is 0.429. The molecule has 0 heterocycles. The Labute approximate surface area is 134 Å². The molecule has 0 aromatic heterocycles. The Hall–Kier alpha value is -1.60.